The smallest absolute Gasteiger partial charge is 0.318 e. The highest BCUT2D eigenvalue weighted by atomic mass is 16.5. The van der Waals surface area contributed by atoms with E-state index >= 15 is 0 Å². The molecule has 1 aliphatic heterocycles. The van der Waals surface area contributed by atoms with Crippen molar-refractivity contribution in [2.75, 3.05) is 20.2 Å². The lowest BCUT2D eigenvalue weighted by molar-refractivity contribution is -0.120. The summed E-state index contributed by atoms with van der Waals surface area (Å²) < 4.78 is 5.21. The summed E-state index contributed by atoms with van der Waals surface area (Å²) >= 11 is 0. The quantitative estimate of drug-likeness (QED) is 0.871. The highest BCUT2D eigenvalue weighted by Crippen LogP contribution is 2.31. The number of methoxy groups -OCH3 is 1. The van der Waals surface area contributed by atoms with E-state index in [0.29, 0.717) is 12.6 Å². The molecule has 1 atom stereocenters. The van der Waals surface area contributed by atoms with Crippen LogP contribution in [0.15, 0.2) is 24.3 Å². The zero-order chi connectivity index (χ0) is 16.7. The molecule has 0 radical (unpaired) electrons. The van der Waals surface area contributed by atoms with Gasteiger partial charge in [-0.2, -0.15) is 0 Å². The molecular weight excluding hydrogens is 294 g/mol. The number of hydrogen-bond acceptors (Lipinski definition) is 4. The molecule has 1 aliphatic rings. The van der Waals surface area contributed by atoms with Crippen LogP contribution in [0.1, 0.15) is 43.7 Å². The van der Waals surface area contributed by atoms with E-state index in [9.17, 15) is 9.59 Å². The van der Waals surface area contributed by atoms with Gasteiger partial charge in [-0.3, -0.25) is 15.0 Å². The van der Waals surface area contributed by atoms with Crippen LogP contribution in [-0.4, -0.2) is 37.0 Å². The number of carbonyl (C=O) groups is 2. The lowest BCUT2D eigenvalue weighted by atomic mass is 10.0. The number of likely N-dealkylation sites (tertiary alicyclic amines) is 1. The molecule has 0 bridgehead atoms. The highest BCUT2D eigenvalue weighted by Gasteiger charge is 2.23. The van der Waals surface area contributed by atoms with Crippen molar-refractivity contribution in [3.05, 3.63) is 29.8 Å². The summed E-state index contributed by atoms with van der Waals surface area (Å²) in [5, 5.41) is 2.12. The van der Waals surface area contributed by atoms with Crippen LogP contribution in [0.5, 0.6) is 5.75 Å². The van der Waals surface area contributed by atoms with Gasteiger partial charge in [0.15, 0.2) is 0 Å². The molecule has 3 amide bonds. The maximum absolute atomic E-state index is 11.7. The Balaban J connectivity index is 2.03. The average Bonchev–Trinajstić information content (AvgIpc) is 2.78. The maximum atomic E-state index is 11.7. The van der Waals surface area contributed by atoms with Crippen molar-refractivity contribution >= 4 is 11.9 Å². The Labute approximate surface area is 137 Å². The first-order chi connectivity index (χ1) is 11.1. The SMILES string of the molecule is COc1ccc(C2CCCCCN2CCC(=O)NC(N)=O)cc1. The van der Waals surface area contributed by atoms with Crippen LogP contribution < -0.4 is 15.8 Å². The van der Waals surface area contributed by atoms with E-state index in [1.165, 1.54) is 18.4 Å². The van der Waals surface area contributed by atoms with Gasteiger partial charge in [0, 0.05) is 19.0 Å². The van der Waals surface area contributed by atoms with Gasteiger partial charge in [-0.05, 0) is 37.1 Å². The Bertz CT molecular complexity index is 530. The molecule has 1 unspecified atom stereocenters. The first-order valence-corrected chi connectivity index (χ1v) is 8.07. The molecule has 1 aromatic carbocycles. The molecule has 0 aromatic heterocycles. The Kier molecular flexibility index (Phi) is 6.40. The van der Waals surface area contributed by atoms with Crippen molar-refractivity contribution in [2.24, 2.45) is 5.73 Å². The van der Waals surface area contributed by atoms with Crippen LogP contribution in [0.25, 0.3) is 0 Å². The number of benzene rings is 1. The summed E-state index contributed by atoms with van der Waals surface area (Å²) in [7, 11) is 1.66. The second kappa shape index (κ2) is 8.53. The number of amides is 3. The largest absolute Gasteiger partial charge is 0.497 e. The molecule has 1 aromatic rings. The molecule has 3 N–H and O–H groups in total. The standard InChI is InChI=1S/C17H25N3O3/c1-23-14-8-6-13(7-9-14)15-5-3-2-4-11-20(15)12-10-16(21)19-17(18)22/h6-9,15H,2-5,10-12H2,1H3,(H3,18,19,21,22). The fourth-order valence-corrected chi connectivity index (χ4v) is 3.08. The van der Waals surface area contributed by atoms with Crippen LogP contribution in [0.2, 0.25) is 0 Å². The summed E-state index contributed by atoms with van der Waals surface area (Å²) in [6.07, 6.45) is 4.86. The summed E-state index contributed by atoms with van der Waals surface area (Å²) in [5.74, 6) is 0.519. The summed E-state index contributed by atoms with van der Waals surface area (Å²) in [6.45, 7) is 1.58. The molecule has 126 valence electrons. The molecule has 1 saturated heterocycles. The third kappa shape index (κ3) is 5.25. The van der Waals surface area contributed by atoms with Gasteiger partial charge in [0.05, 0.1) is 7.11 Å². The van der Waals surface area contributed by atoms with Gasteiger partial charge in [0.25, 0.3) is 0 Å². The first kappa shape index (κ1) is 17.3. The molecule has 6 nitrogen and oxygen atoms in total. The Morgan fingerprint density at radius 3 is 2.65 bits per heavy atom. The summed E-state index contributed by atoms with van der Waals surface area (Å²) in [5.41, 5.74) is 6.22. The fourth-order valence-electron chi connectivity index (χ4n) is 3.08. The molecule has 0 aliphatic carbocycles. The molecular formula is C17H25N3O3. The molecule has 6 heteroatoms. The lowest BCUT2D eigenvalue weighted by Crippen LogP contribution is -2.38. The van der Waals surface area contributed by atoms with Gasteiger partial charge in [-0.15, -0.1) is 0 Å². The van der Waals surface area contributed by atoms with Crippen molar-refractivity contribution < 1.29 is 14.3 Å². The number of nitrogens with two attached hydrogens (primary N) is 1. The van der Waals surface area contributed by atoms with E-state index in [1.54, 1.807) is 7.11 Å². The third-order valence-corrected chi connectivity index (χ3v) is 4.25. The second-order valence-electron chi connectivity index (χ2n) is 5.84. The molecule has 23 heavy (non-hydrogen) atoms. The average molecular weight is 319 g/mol. The number of rotatable bonds is 5. The third-order valence-electron chi connectivity index (χ3n) is 4.25. The number of imide groups is 1. The number of nitrogens with one attached hydrogen (secondary N) is 1. The van der Waals surface area contributed by atoms with E-state index in [1.807, 2.05) is 12.1 Å². The van der Waals surface area contributed by atoms with Crippen LogP contribution in [0.4, 0.5) is 4.79 Å². The second-order valence-corrected chi connectivity index (χ2v) is 5.84. The van der Waals surface area contributed by atoms with Gasteiger partial charge in [-0.1, -0.05) is 25.0 Å². The molecule has 2 rings (SSSR count). The molecule has 0 spiro atoms. The Morgan fingerprint density at radius 2 is 2.00 bits per heavy atom. The Hall–Kier alpha value is -2.08. The van der Waals surface area contributed by atoms with Crippen molar-refractivity contribution in [3.8, 4) is 5.75 Å². The zero-order valence-corrected chi connectivity index (χ0v) is 13.6. The monoisotopic (exact) mass is 319 g/mol. The minimum Gasteiger partial charge on any atom is -0.497 e. The number of nitrogens with zero attached hydrogens (tertiary/aromatic N) is 1. The van der Waals surface area contributed by atoms with Gasteiger partial charge in [0.1, 0.15) is 5.75 Å². The number of urea groups is 1. The topological polar surface area (TPSA) is 84.7 Å². The van der Waals surface area contributed by atoms with Crippen molar-refractivity contribution in [3.63, 3.8) is 0 Å². The van der Waals surface area contributed by atoms with E-state index in [4.69, 9.17) is 10.5 Å². The van der Waals surface area contributed by atoms with Crippen LogP contribution in [-0.2, 0) is 4.79 Å². The minimum absolute atomic E-state index is 0.273. The van der Waals surface area contributed by atoms with Gasteiger partial charge >= 0.3 is 6.03 Å². The van der Waals surface area contributed by atoms with Crippen molar-refractivity contribution in [2.45, 2.75) is 38.1 Å². The summed E-state index contributed by atoms with van der Waals surface area (Å²) in [4.78, 5) is 24.7. The van der Waals surface area contributed by atoms with Gasteiger partial charge in [-0.25, -0.2) is 4.79 Å². The Morgan fingerprint density at radius 1 is 1.26 bits per heavy atom. The first-order valence-electron chi connectivity index (χ1n) is 8.07. The van der Waals surface area contributed by atoms with Crippen LogP contribution in [0.3, 0.4) is 0 Å². The molecule has 1 fully saturated rings. The van der Waals surface area contributed by atoms with Crippen LogP contribution >= 0.6 is 0 Å². The fraction of sp³-hybridized carbons (Fsp3) is 0.529. The van der Waals surface area contributed by atoms with E-state index in [-0.39, 0.29) is 12.3 Å². The lowest BCUT2D eigenvalue weighted by Gasteiger charge is -2.30. The molecule has 0 saturated carbocycles. The van der Waals surface area contributed by atoms with E-state index in [2.05, 4.69) is 22.3 Å². The van der Waals surface area contributed by atoms with Gasteiger partial charge < -0.3 is 10.5 Å². The number of ether oxygens (including phenoxy) is 1. The predicted molar refractivity (Wildman–Crippen MR) is 88.1 cm³/mol. The van der Waals surface area contributed by atoms with Gasteiger partial charge in [0.2, 0.25) is 5.91 Å². The van der Waals surface area contributed by atoms with Crippen molar-refractivity contribution in [1.82, 2.24) is 10.2 Å². The normalized spacial score (nSPS) is 18.9. The predicted octanol–water partition coefficient (Wildman–Crippen LogP) is 2.20. The van der Waals surface area contributed by atoms with Crippen molar-refractivity contribution in [1.29, 1.82) is 0 Å². The summed E-state index contributed by atoms with van der Waals surface area (Å²) in [6, 6.07) is 7.62. The molecule has 1 heterocycles. The number of carbonyl (C=O) groups excluding carboxylic acids is 2. The maximum Gasteiger partial charge on any atom is 0.318 e. The number of primary amides is 1. The van der Waals surface area contributed by atoms with E-state index < -0.39 is 6.03 Å². The zero-order valence-electron chi connectivity index (χ0n) is 13.6. The minimum atomic E-state index is -0.794. The highest BCUT2D eigenvalue weighted by molar-refractivity contribution is 5.93. The van der Waals surface area contributed by atoms with E-state index in [0.717, 1.165) is 25.1 Å². The number of hydrogen-bond donors (Lipinski definition) is 2. The van der Waals surface area contributed by atoms with Crippen LogP contribution in [0, 0.1) is 0 Å².